The largest absolute Gasteiger partial charge is 0.479 e. The Morgan fingerprint density at radius 1 is 1.42 bits per heavy atom. The predicted octanol–water partition coefficient (Wildman–Crippen LogP) is 1.43. The summed E-state index contributed by atoms with van der Waals surface area (Å²) in [6.07, 6.45) is 5.53. The topological polar surface area (TPSA) is 105 Å². The van der Waals surface area contributed by atoms with Crippen molar-refractivity contribution in [3.8, 4) is 0 Å². The molecule has 1 aliphatic rings. The van der Waals surface area contributed by atoms with Crippen LogP contribution < -0.4 is 5.32 Å². The van der Waals surface area contributed by atoms with Crippen LogP contribution in [0.5, 0.6) is 0 Å². The maximum atomic E-state index is 12.5. The zero-order chi connectivity index (χ0) is 17.9. The van der Waals surface area contributed by atoms with Crippen molar-refractivity contribution in [2.75, 3.05) is 11.9 Å². The molecule has 132 valence electrons. The van der Waals surface area contributed by atoms with E-state index in [0.717, 1.165) is 12.8 Å². The molecule has 1 fully saturated rings. The number of carboxylic acid groups (broad SMARTS) is 1. The number of anilines is 1. The number of rotatable bonds is 6. The number of aromatic nitrogens is 2. The van der Waals surface area contributed by atoms with Crippen molar-refractivity contribution in [1.82, 2.24) is 14.7 Å². The molecule has 0 radical (unpaired) electrons. The number of likely N-dealkylation sites (tertiary alicyclic amines) is 1. The molecule has 2 amide bonds. The second-order valence-electron chi connectivity index (χ2n) is 6.52. The SMILES string of the molecule is CCCC(=O)N1CCCC1C(=O)Nc1cnn(C(C)(C)C(=O)O)c1. The second-order valence-corrected chi connectivity index (χ2v) is 6.52. The number of nitrogens with one attached hydrogen (secondary N) is 1. The first-order valence-electron chi connectivity index (χ1n) is 8.16. The lowest BCUT2D eigenvalue weighted by Crippen LogP contribution is -2.43. The summed E-state index contributed by atoms with van der Waals surface area (Å²) >= 11 is 0. The molecular formula is C16H24N4O4. The summed E-state index contributed by atoms with van der Waals surface area (Å²) in [4.78, 5) is 37.4. The zero-order valence-electron chi connectivity index (χ0n) is 14.3. The minimum atomic E-state index is -1.21. The van der Waals surface area contributed by atoms with Gasteiger partial charge in [0.25, 0.3) is 0 Å². The third kappa shape index (κ3) is 3.58. The Morgan fingerprint density at radius 2 is 2.12 bits per heavy atom. The molecule has 0 bridgehead atoms. The van der Waals surface area contributed by atoms with Gasteiger partial charge in [-0.25, -0.2) is 4.79 Å². The van der Waals surface area contributed by atoms with E-state index in [0.29, 0.717) is 25.1 Å². The van der Waals surface area contributed by atoms with Gasteiger partial charge in [-0.15, -0.1) is 0 Å². The van der Waals surface area contributed by atoms with Crippen molar-refractivity contribution in [2.45, 2.75) is 58.0 Å². The summed E-state index contributed by atoms with van der Waals surface area (Å²) in [5.41, 5.74) is -0.788. The molecule has 1 aromatic rings. The van der Waals surface area contributed by atoms with E-state index in [2.05, 4.69) is 10.4 Å². The summed E-state index contributed by atoms with van der Waals surface area (Å²) in [6.45, 7) is 5.58. The normalized spacial score (nSPS) is 17.8. The Labute approximate surface area is 140 Å². The van der Waals surface area contributed by atoms with E-state index in [1.54, 1.807) is 4.90 Å². The molecule has 1 saturated heterocycles. The van der Waals surface area contributed by atoms with Gasteiger partial charge in [-0.3, -0.25) is 14.3 Å². The number of amides is 2. The first kappa shape index (κ1) is 18.0. The number of aliphatic carboxylic acids is 1. The first-order chi connectivity index (χ1) is 11.3. The first-order valence-corrected chi connectivity index (χ1v) is 8.16. The van der Waals surface area contributed by atoms with Gasteiger partial charge in [0.2, 0.25) is 11.8 Å². The smallest absolute Gasteiger partial charge is 0.331 e. The van der Waals surface area contributed by atoms with Crippen LogP contribution in [0.25, 0.3) is 0 Å². The van der Waals surface area contributed by atoms with E-state index in [4.69, 9.17) is 0 Å². The molecule has 2 N–H and O–H groups in total. The summed E-state index contributed by atoms with van der Waals surface area (Å²) in [5, 5.41) is 16.0. The van der Waals surface area contributed by atoms with Gasteiger partial charge >= 0.3 is 5.97 Å². The highest BCUT2D eigenvalue weighted by atomic mass is 16.4. The van der Waals surface area contributed by atoms with Crippen LogP contribution in [0.3, 0.4) is 0 Å². The standard InChI is InChI=1S/C16H24N4O4/c1-4-6-13(21)19-8-5-7-12(19)14(22)18-11-9-17-20(10-11)16(2,3)15(23)24/h9-10,12H,4-8H2,1-3H3,(H,18,22)(H,23,24). The van der Waals surface area contributed by atoms with Crippen LogP contribution >= 0.6 is 0 Å². The van der Waals surface area contributed by atoms with Crippen LogP contribution in [0.4, 0.5) is 5.69 Å². The van der Waals surface area contributed by atoms with Crippen LogP contribution in [0, 0.1) is 0 Å². The number of carbonyl (C=O) groups excluding carboxylic acids is 2. The lowest BCUT2D eigenvalue weighted by Gasteiger charge is -2.23. The number of hydrogen-bond acceptors (Lipinski definition) is 4. The highest BCUT2D eigenvalue weighted by Crippen LogP contribution is 2.22. The lowest BCUT2D eigenvalue weighted by atomic mass is 10.1. The number of carboxylic acids is 1. The predicted molar refractivity (Wildman–Crippen MR) is 87.5 cm³/mol. The second kappa shape index (κ2) is 7.02. The zero-order valence-corrected chi connectivity index (χ0v) is 14.3. The molecule has 24 heavy (non-hydrogen) atoms. The maximum Gasteiger partial charge on any atom is 0.331 e. The van der Waals surface area contributed by atoms with Gasteiger partial charge < -0.3 is 15.3 Å². The molecule has 0 aromatic carbocycles. The van der Waals surface area contributed by atoms with Crippen LogP contribution in [-0.2, 0) is 19.9 Å². The van der Waals surface area contributed by atoms with Crippen LogP contribution in [0.2, 0.25) is 0 Å². The lowest BCUT2D eigenvalue weighted by molar-refractivity contribution is -0.146. The average Bonchev–Trinajstić information content (AvgIpc) is 3.16. The van der Waals surface area contributed by atoms with E-state index < -0.39 is 17.6 Å². The van der Waals surface area contributed by atoms with Crippen molar-refractivity contribution >= 4 is 23.5 Å². The molecular weight excluding hydrogens is 312 g/mol. The molecule has 0 spiro atoms. The fourth-order valence-electron chi connectivity index (χ4n) is 2.71. The van der Waals surface area contributed by atoms with Crippen LogP contribution in [-0.4, -0.2) is 50.2 Å². The molecule has 1 aromatic heterocycles. The highest BCUT2D eigenvalue weighted by molar-refractivity contribution is 5.97. The van der Waals surface area contributed by atoms with E-state index in [9.17, 15) is 19.5 Å². The number of hydrogen-bond donors (Lipinski definition) is 2. The van der Waals surface area contributed by atoms with Crippen molar-refractivity contribution in [3.05, 3.63) is 12.4 Å². The van der Waals surface area contributed by atoms with E-state index in [1.165, 1.54) is 30.9 Å². The van der Waals surface area contributed by atoms with Crippen molar-refractivity contribution in [1.29, 1.82) is 0 Å². The van der Waals surface area contributed by atoms with E-state index in [1.807, 2.05) is 6.92 Å². The third-order valence-corrected chi connectivity index (χ3v) is 4.29. The molecule has 8 heteroatoms. The fraction of sp³-hybridized carbons (Fsp3) is 0.625. The Bertz CT molecular complexity index is 638. The summed E-state index contributed by atoms with van der Waals surface area (Å²) < 4.78 is 1.29. The minimum Gasteiger partial charge on any atom is -0.479 e. The molecule has 0 saturated carbocycles. The van der Waals surface area contributed by atoms with Crippen molar-refractivity contribution in [2.24, 2.45) is 0 Å². The van der Waals surface area contributed by atoms with Gasteiger partial charge in [-0.1, -0.05) is 6.92 Å². The summed E-state index contributed by atoms with van der Waals surface area (Å²) in [5.74, 6) is -1.28. The molecule has 1 unspecified atom stereocenters. The molecule has 1 atom stereocenters. The Morgan fingerprint density at radius 3 is 2.75 bits per heavy atom. The monoisotopic (exact) mass is 336 g/mol. The van der Waals surface area contributed by atoms with Gasteiger partial charge in [0.15, 0.2) is 5.54 Å². The fourth-order valence-corrected chi connectivity index (χ4v) is 2.71. The quantitative estimate of drug-likeness (QED) is 0.818. The molecule has 0 aliphatic carbocycles. The number of nitrogens with zero attached hydrogens (tertiary/aromatic N) is 3. The minimum absolute atomic E-state index is 0.00199. The van der Waals surface area contributed by atoms with Gasteiger partial charge in [0.1, 0.15) is 6.04 Å². The third-order valence-electron chi connectivity index (χ3n) is 4.29. The molecule has 1 aliphatic heterocycles. The van der Waals surface area contributed by atoms with Crippen LogP contribution in [0.1, 0.15) is 46.5 Å². The Kier molecular flexibility index (Phi) is 5.26. The Hall–Kier alpha value is -2.38. The van der Waals surface area contributed by atoms with Crippen LogP contribution in [0.15, 0.2) is 12.4 Å². The molecule has 2 heterocycles. The highest BCUT2D eigenvalue weighted by Gasteiger charge is 2.34. The van der Waals surface area contributed by atoms with Crippen molar-refractivity contribution in [3.63, 3.8) is 0 Å². The maximum absolute atomic E-state index is 12.5. The van der Waals surface area contributed by atoms with E-state index in [-0.39, 0.29) is 11.8 Å². The van der Waals surface area contributed by atoms with Gasteiger partial charge in [-0.05, 0) is 33.1 Å². The van der Waals surface area contributed by atoms with Gasteiger partial charge in [0.05, 0.1) is 11.9 Å². The molecule has 8 nitrogen and oxygen atoms in total. The van der Waals surface area contributed by atoms with E-state index >= 15 is 0 Å². The summed E-state index contributed by atoms with van der Waals surface area (Å²) in [6, 6.07) is -0.472. The van der Waals surface area contributed by atoms with Gasteiger partial charge in [0, 0.05) is 19.2 Å². The average molecular weight is 336 g/mol. The van der Waals surface area contributed by atoms with Gasteiger partial charge in [-0.2, -0.15) is 5.10 Å². The van der Waals surface area contributed by atoms with Crippen molar-refractivity contribution < 1.29 is 19.5 Å². The molecule has 2 rings (SSSR count). The summed E-state index contributed by atoms with van der Waals surface area (Å²) in [7, 11) is 0. The Balaban J connectivity index is 2.06. The number of carbonyl (C=O) groups is 3.